The van der Waals surface area contributed by atoms with Crippen LogP contribution in [-0.4, -0.2) is 41.2 Å². The van der Waals surface area contributed by atoms with Crippen LogP contribution in [0, 0.1) is 0 Å². The minimum Gasteiger partial charge on any atom is -0.494 e. The van der Waals surface area contributed by atoms with Crippen LogP contribution in [0.15, 0.2) is 12.1 Å². The average molecular weight is 373 g/mol. The highest BCUT2D eigenvalue weighted by molar-refractivity contribution is 7.79. The number of benzene rings is 1. The zero-order valence-corrected chi connectivity index (χ0v) is 17.1. The van der Waals surface area contributed by atoms with Crippen molar-refractivity contribution in [1.82, 2.24) is 0 Å². The molecule has 0 saturated heterocycles. The topological polar surface area (TPSA) is 54.0 Å². The number of carbonyl (C=O) groups excluding carboxylic acids is 1. The predicted octanol–water partition coefficient (Wildman–Crippen LogP) is 3.99. The van der Waals surface area contributed by atoms with E-state index in [0.717, 1.165) is 6.04 Å². The monoisotopic (exact) mass is 372 g/mol. The molecule has 0 unspecified atom stereocenters. The van der Waals surface area contributed by atoms with Gasteiger partial charge in [0, 0.05) is 27.0 Å². The summed E-state index contributed by atoms with van der Waals surface area (Å²) in [6, 6.07) is 4.40. The summed E-state index contributed by atoms with van der Waals surface area (Å²) in [4.78, 5) is 12.6. The molecule has 0 atom stereocenters. The van der Waals surface area contributed by atoms with E-state index in [1.807, 2.05) is 6.92 Å². The van der Waals surface area contributed by atoms with Crippen LogP contribution in [0.2, 0.25) is 25.7 Å². The van der Waals surface area contributed by atoms with E-state index in [-0.39, 0.29) is 6.79 Å². The smallest absolute Gasteiger partial charge is 0.342 e. The molecule has 1 aromatic carbocycles. The molecule has 0 aromatic heterocycles. The maximum atomic E-state index is 12.6. The van der Waals surface area contributed by atoms with Crippen LogP contribution >= 0.6 is 12.6 Å². The average Bonchev–Trinajstić information content (AvgIpc) is 2.51. The molecule has 0 spiro atoms. The highest BCUT2D eigenvalue weighted by Gasteiger charge is 2.22. The van der Waals surface area contributed by atoms with Crippen molar-refractivity contribution in [3.8, 4) is 11.5 Å². The molecule has 7 heteroatoms. The molecular weight excluding hydrogens is 344 g/mol. The molecule has 5 nitrogen and oxygen atoms in total. The largest absolute Gasteiger partial charge is 0.494 e. The second kappa shape index (κ2) is 9.96. The number of esters is 1. The Balaban J connectivity index is 3.05. The molecule has 0 aliphatic heterocycles. The lowest BCUT2D eigenvalue weighted by Gasteiger charge is -2.18. The molecular formula is C17H28O5SSi. The Morgan fingerprint density at radius 2 is 1.92 bits per heavy atom. The summed E-state index contributed by atoms with van der Waals surface area (Å²) in [7, 11) is 0.261. The summed E-state index contributed by atoms with van der Waals surface area (Å²) in [6.07, 6.45) is 0. The van der Waals surface area contributed by atoms with Crippen molar-refractivity contribution in [2.75, 3.05) is 27.1 Å². The van der Waals surface area contributed by atoms with Crippen molar-refractivity contribution in [2.45, 2.75) is 38.4 Å². The molecule has 0 N–H and O–H groups in total. The second-order valence-corrected chi connectivity index (χ2v) is 12.5. The fourth-order valence-corrected chi connectivity index (χ4v) is 2.97. The third-order valence-electron chi connectivity index (χ3n) is 3.26. The van der Waals surface area contributed by atoms with Gasteiger partial charge in [-0.2, -0.15) is 12.6 Å². The Morgan fingerprint density at radius 1 is 1.21 bits per heavy atom. The molecule has 1 rings (SSSR count). The molecule has 0 radical (unpaired) electrons. The van der Waals surface area contributed by atoms with E-state index in [4.69, 9.17) is 18.9 Å². The van der Waals surface area contributed by atoms with Crippen molar-refractivity contribution < 1.29 is 23.7 Å². The lowest BCUT2D eigenvalue weighted by atomic mass is 10.1. The molecule has 0 heterocycles. The highest BCUT2D eigenvalue weighted by Crippen LogP contribution is 2.31. The van der Waals surface area contributed by atoms with Gasteiger partial charge in [0.2, 0.25) is 0 Å². The number of carbonyl (C=O) groups is 1. The van der Waals surface area contributed by atoms with Gasteiger partial charge in [0.1, 0.15) is 17.1 Å². The minimum absolute atomic E-state index is 0.0385. The second-order valence-electron chi connectivity index (χ2n) is 6.54. The lowest BCUT2D eigenvalue weighted by molar-refractivity contribution is 0.0435. The van der Waals surface area contributed by atoms with Gasteiger partial charge >= 0.3 is 5.97 Å². The van der Waals surface area contributed by atoms with Crippen molar-refractivity contribution in [2.24, 2.45) is 0 Å². The van der Waals surface area contributed by atoms with Crippen LogP contribution in [-0.2, 0) is 15.2 Å². The Bertz CT molecular complexity index is 543. The summed E-state index contributed by atoms with van der Waals surface area (Å²) < 4.78 is 21.5. The standard InChI is InChI=1S/C17H28O5SSi/c1-6-20-14-9-13(11-23)16(15(10-14)22-12-19-2)17(18)21-7-8-24(3,4)5/h9-10,23H,6-8,11-12H2,1-5H3. The fourth-order valence-electron chi connectivity index (χ4n) is 2.01. The van der Waals surface area contributed by atoms with Gasteiger partial charge in [-0.05, 0) is 24.6 Å². The normalized spacial score (nSPS) is 11.2. The summed E-state index contributed by atoms with van der Waals surface area (Å²) in [6.45, 7) is 9.59. The Labute approximate surface area is 151 Å². The van der Waals surface area contributed by atoms with Gasteiger partial charge in [0.15, 0.2) is 6.79 Å². The van der Waals surface area contributed by atoms with E-state index in [1.54, 1.807) is 12.1 Å². The van der Waals surface area contributed by atoms with Gasteiger partial charge in [-0.1, -0.05) is 19.6 Å². The zero-order valence-electron chi connectivity index (χ0n) is 15.2. The molecule has 136 valence electrons. The number of rotatable bonds is 10. The first kappa shape index (κ1) is 20.9. The molecule has 0 amide bonds. The first-order chi connectivity index (χ1) is 11.3. The van der Waals surface area contributed by atoms with Gasteiger partial charge in [-0.3, -0.25) is 0 Å². The first-order valence-electron chi connectivity index (χ1n) is 8.01. The van der Waals surface area contributed by atoms with Crippen LogP contribution in [0.3, 0.4) is 0 Å². The number of hydrogen-bond acceptors (Lipinski definition) is 6. The molecule has 0 aliphatic rings. The third kappa shape index (κ3) is 6.74. The summed E-state index contributed by atoms with van der Waals surface area (Å²) in [5, 5.41) is 0. The fraction of sp³-hybridized carbons (Fsp3) is 0.588. The summed E-state index contributed by atoms with van der Waals surface area (Å²) in [5.74, 6) is 1.01. The van der Waals surface area contributed by atoms with E-state index in [9.17, 15) is 4.79 Å². The third-order valence-corrected chi connectivity index (χ3v) is 5.31. The van der Waals surface area contributed by atoms with Gasteiger partial charge < -0.3 is 18.9 Å². The minimum atomic E-state index is -1.26. The van der Waals surface area contributed by atoms with Crippen LogP contribution < -0.4 is 9.47 Å². The lowest BCUT2D eigenvalue weighted by Crippen LogP contribution is -2.23. The van der Waals surface area contributed by atoms with Crippen LogP contribution in [0.4, 0.5) is 0 Å². The van der Waals surface area contributed by atoms with Crippen LogP contribution in [0.1, 0.15) is 22.8 Å². The maximum absolute atomic E-state index is 12.6. The molecule has 0 aliphatic carbocycles. The molecule has 24 heavy (non-hydrogen) atoms. The Kier molecular flexibility index (Phi) is 8.65. The Hall–Kier alpha value is -1.18. The van der Waals surface area contributed by atoms with Gasteiger partial charge in [0.25, 0.3) is 0 Å². The van der Waals surface area contributed by atoms with Gasteiger partial charge in [0.05, 0.1) is 13.2 Å². The van der Waals surface area contributed by atoms with Gasteiger partial charge in [-0.25, -0.2) is 4.79 Å². The van der Waals surface area contributed by atoms with E-state index in [2.05, 4.69) is 32.3 Å². The summed E-state index contributed by atoms with van der Waals surface area (Å²) >= 11 is 4.32. The highest BCUT2D eigenvalue weighted by atomic mass is 32.1. The van der Waals surface area contributed by atoms with Gasteiger partial charge in [-0.15, -0.1) is 0 Å². The van der Waals surface area contributed by atoms with Crippen LogP contribution in [0.25, 0.3) is 0 Å². The molecule has 0 bridgehead atoms. The van der Waals surface area contributed by atoms with E-state index in [0.29, 0.717) is 41.6 Å². The van der Waals surface area contributed by atoms with E-state index >= 15 is 0 Å². The van der Waals surface area contributed by atoms with Crippen molar-refractivity contribution >= 4 is 26.7 Å². The summed E-state index contributed by atoms with van der Waals surface area (Å²) in [5.41, 5.74) is 1.11. The number of thiol groups is 1. The molecule has 0 saturated carbocycles. The van der Waals surface area contributed by atoms with Crippen molar-refractivity contribution in [3.63, 3.8) is 0 Å². The molecule has 1 aromatic rings. The molecule has 0 fully saturated rings. The zero-order chi connectivity index (χ0) is 18.2. The predicted molar refractivity (Wildman–Crippen MR) is 101 cm³/mol. The quantitative estimate of drug-likeness (QED) is 0.291. The van der Waals surface area contributed by atoms with E-state index in [1.165, 1.54) is 7.11 Å². The van der Waals surface area contributed by atoms with Crippen molar-refractivity contribution in [3.05, 3.63) is 23.3 Å². The SMILES string of the molecule is CCOc1cc(CS)c(C(=O)OCC[Si](C)(C)C)c(OCOC)c1. The van der Waals surface area contributed by atoms with Crippen molar-refractivity contribution in [1.29, 1.82) is 0 Å². The number of methoxy groups -OCH3 is 1. The van der Waals surface area contributed by atoms with Crippen LogP contribution in [0.5, 0.6) is 11.5 Å². The van der Waals surface area contributed by atoms with E-state index < -0.39 is 14.0 Å². The maximum Gasteiger partial charge on any atom is 0.342 e. The first-order valence-corrected chi connectivity index (χ1v) is 12.4. The number of hydrogen-bond donors (Lipinski definition) is 1. The Morgan fingerprint density at radius 3 is 2.46 bits per heavy atom. The number of ether oxygens (including phenoxy) is 4.